The maximum Gasteiger partial charge on any atom is 0.0235 e. The first-order valence-electron chi connectivity index (χ1n) is 10.2. The molecule has 0 saturated carbocycles. The van der Waals surface area contributed by atoms with Crippen molar-refractivity contribution in [3.05, 3.63) is 59.2 Å². The molecule has 26 heavy (non-hydrogen) atoms. The molecule has 2 heteroatoms. The Balaban J connectivity index is 0.000000791. The average Bonchev–Trinajstić information content (AvgIpc) is 2.70. The molecule has 2 aromatic carbocycles. The second-order valence-electron chi connectivity index (χ2n) is 6.53. The zero-order valence-corrected chi connectivity index (χ0v) is 18.0. The molecule has 1 aliphatic rings. The molecule has 0 aromatic heterocycles. The number of hydrogen-bond acceptors (Lipinski definition) is 2. The van der Waals surface area contributed by atoms with Crippen LogP contribution in [0.25, 0.3) is 11.1 Å². The fourth-order valence-corrected chi connectivity index (χ4v) is 3.21. The first kappa shape index (κ1) is 22.4. The normalized spacial score (nSPS) is 14.7. The molecule has 2 nitrogen and oxygen atoms in total. The van der Waals surface area contributed by atoms with Crippen molar-refractivity contribution in [3.8, 4) is 11.1 Å². The fourth-order valence-electron chi connectivity index (χ4n) is 3.21. The van der Waals surface area contributed by atoms with Crippen LogP contribution in [-0.2, 0) is 6.54 Å². The first-order chi connectivity index (χ1) is 12.6. The van der Waals surface area contributed by atoms with Crippen molar-refractivity contribution in [2.45, 2.75) is 48.1 Å². The minimum Gasteiger partial charge on any atom is -0.304 e. The second kappa shape index (κ2) is 11.9. The van der Waals surface area contributed by atoms with Crippen molar-refractivity contribution in [1.82, 2.24) is 9.80 Å². The fraction of sp³-hybridized carbons (Fsp3) is 0.500. The highest BCUT2D eigenvalue weighted by atomic mass is 15.2. The van der Waals surface area contributed by atoms with Gasteiger partial charge in [0.15, 0.2) is 0 Å². The Morgan fingerprint density at radius 1 is 0.808 bits per heavy atom. The smallest absolute Gasteiger partial charge is 0.0235 e. The van der Waals surface area contributed by atoms with Crippen molar-refractivity contribution >= 4 is 0 Å². The summed E-state index contributed by atoms with van der Waals surface area (Å²) in [6.07, 6.45) is 0. The van der Waals surface area contributed by atoms with Crippen LogP contribution in [0, 0.1) is 13.8 Å². The number of likely N-dealkylation sites (N-methyl/N-ethyl adjacent to an activating group) is 1. The summed E-state index contributed by atoms with van der Waals surface area (Å²) in [5.41, 5.74) is 6.93. The number of nitrogens with zero attached hydrogens (tertiary/aromatic N) is 2. The lowest BCUT2D eigenvalue weighted by molar-refractivity contribution is 0.148. The van der Waals surface area contributed by atoms with Gasteiger partial charge >= 0.3 is 0 Å². The molecule has 0 atom stereocenters. The molecule has 0 bridgehead atoms. The molecule has 0 aliphatic carbocycles. The van der Waals surface area contributed by atoms with Gasteiger partial charge in [-0.15, -0.1) is 0 Å². The molecular formula is C24H38N2. The van der Waals surface area contributed by atoms with Gasteiger partial charge in [0.25, 0.3) is 0 Å². The number of hydrogen-bond donors (Lipinski definition) is 0. The van der Waals surface area contributed by atoms with Crippen molar-refractivity contribution in [2.24, 2.45) is 0 Å². The Kier molecular flexibility index (Phi) is 10.2. The molecular weight excluding hydrogens is 316 g/mol. The predicted molar refractivity (Wildman–Crippen MR) is 117 cm³/mol. The van der Waals surface area contributed by atoms with Gasteiger partial charge in [0, 0.05) is 32.7 Å². The number of aryl methyl sites for hydroxylation is 1. The molecule has 0 spiro atoms. The van der Waals surface area contributed by atoms with Crippen LogP contribution in [0.3, 0.4) is 0 Å². The lowest BCUT2D eigenvalue weighted by atomic mass is 9.94. The number of rotatable bonds is 3. The summed E-state index contributed by atoms with van der Waals surface area (Å²) in [6.45, 7) is 18.2. The van der Waals surface area contributed by atoms with Gasteiger partial charge in [-0.05, 0) is 54.8 Å². The highest BCUT2D eigenvalue weighted by Gasteiger charge is 2.15. The molecule has 144 valence electrons. The van der Waals surface area contributed by atoms with Crippen LogP contribution in [0.5, 0.6) is 0 Å². The number of benzene rings is 2. The van der Waals surface area contributed by atoms with Crippen LogP contribution in [-0.4, -0.2) is 43.0 Å². The maximum atomic E-state index is 2.57. The van der Waals surface area contributed by atoms with Crippen molar-refractivity contribution in [2.75, 3.05) is 33.2 Å². The van der Waals surface area contributed by atoms with E-state index in [4.69, 9.17) is 0 Å². The average molecular weight is 355 g/mol. The molecule has 1 saturated heterocycles. The van der Waals surface area contributed by atoms with E-state index in [1.165, 1.54) is 54.0 Å². The van der Waals surface area contributed by atoms with Crippen LogP contribution in [0.4, 0.5) is 0 Å². The van der Waals surface area contributed by atoms with E-state index in [0.29, 0.717) is 0 Å². The van der Waals surface area contributed by atoms with Crippen molar-refractivity contribution < 1.29 is 0 Å². The van der Waals surface area contributed by atoms with Crippen LogP contribution < -0.4 is 0 Å². The highest BCUT2D eigenvalue weighted by molar-refractivity contribution is 5.69. The zero-order valence-electron chi connectivity index (χ0n) is 18.0. The van der Waals surface area contributed by atoms with Gasteiger partial charge in [-0.3, -0.25) is 4.90 Å². The van der Waals surface area contributed by atoms with Gasteiger partial charge in [0.1, 0.15) is 0 Å². The molecule has 1 aliphatic heterocycles. The summed E-state index contributed by atoms with van der Waals surface area (Å²) >= 11 is 0. The summed E-state index contributed by atoms with van der Waals surface area (Å²) in [4.78, 5) is 4.98. The van der Waals surface area contributed by atoms with E-state index >= 15 is 0 Å². The van der Waals surface area contributed by atoms with Gasteiger partial charge < -0.3 is 4.90 Å². The van der Waals surface area contributed by atoms with Gasteiger partial charge in [0.2, 0.25) is 0 Å². The third-order valence-corrected chi connectivity index (χ3v) is 4.81. The quantitative estimate of drug-likeness (QED) is 0.690. The third kappa shape index (κ3) is 6.26. The van der Waals surface area contributed by atoms with E-state index in [-0.39, 0.29) is 0 Å². The second-order valence-corrected chi connectivity index (χ2v) is 6.53. The molecule has 3 rings (SSSR count). The molecule has 1 fully saturated rings. The standard InChI is InChI=1S/C20H26N2.2C2H6/c1-16-13-18(15-22-11-9-21(3)10-12-22)14-20(17(16)2)19-7-5-4-6-8-19;2*1-2/h4-8,13-14H,9-12,15H2,1-3H3;2*1-2H3. The Bertz CT molecular complexity index is 626. The summed E-state index contributed by atoms with van der Waals surface area (Å²) < 4.78 is 0. The molecule has 0 N–H and O–H groups in total. The molecule has 1 heterocycles. The Hall–Kier alpha value is -1.64. The lowest BCUT2D eigenvalue weighted by Crippen LogP contribution is -2.43. The van der Waals surface area contributed by atoms with E-state index in [1.54, 1.807) is 0 Å². The van der Waals surface area contributed by atoms with Crippen LogP contribution in [0.2, 0.25) is 0 Å². The first-order valence-corrected chi connectivity index (χ1v) is 10.2. The van der Waals surface area contributed by atoms with Crippen molar-refractivity contribution in [3.63, 3.8) is 0 Å². The van der Waals surface area contributed by atoms with Gasteiger partial charge in [-0.1, -0.05) is 64.1 Å². The minimum atomic E-state index is 1.06. The summed E-state index contributed by atoms with van der Waals surface area (Å²) in [7, 11) is 2.21. The molecule has 0 radical (unpaired) electrons. The Labute approximate surface area is 161 Å². The Morgan fingerprint density at radius 2 is 1.38 bits per heavy atom. The van der Waals surface area contributed by atoms with Gasteiger partial charge in [-0.25, -0.2) is 0 Å². The monoisotopic (exact) mass is 354 g/mol. The summed E-state index contributed by atoms with van der Waals surface area (Å²) in [6, 6.07) is 15.5. The molecule has 2 aromatic rings. The minimum absolute atomic E-state index is 1.06. The zero-order chi connectivity index (χ0) is 19.5. The predicted octanol–water partition coefficient (Wildman–Crippen LogP) is 5.77. The van der Waals surface area contributed by atoms with Crippen LogP contribution in [0.15, 0.2) is 42.5 Å². The van der Waals surface area contributed by atoms with Gasteiger partial charge in [-0.2, -0.15) is 0 Å². The van der Waals surface area contributed by atoms with Crippen LogP contribution >= 0.6 is 0 Å². The third-order valence-electron chi connectivity index (χ3n) is 4.81. The van der Waals surface area contributed by atoms with E-state index in [0.717, 1.165) is 6.54 Å². The van der Waals surface area contributed by atoms with E-state index < -0.39 is 0 Å². The molecule has 0 unspecified atom stereocenters. The summed E-state index contributed by atoms with van der Waals surface area (Å²) in [5, 5.41) is 0. The lowest BCUT2D eigenvalue weighted by Gasteiger charge is -2.32. The molecule has 0 amide bonds. The maximum absolute atomic E-state index is 2.57. The van der Waals surface area contributed by atoms with Gasteiger partial charge in [0.05, 0.1) is 0 Å². The van der Waals surface area contributed by atoms with Crippen molar-refractivity contribution in [1.29, 1.82) is 0 Å². The number of piperazine rings is 1. The Morgan fingerprint density at radius 3 is 1.96 bits per heavy atom. The van der Waals surface area contributed by atoms with E-state index in [2.05, 4.69) is 73.2 Å². The van der Waals surface area contributed by atoms with Crippen LogP contribution in [0.1, 0.15) is 44.4 Å². The largest absolute Gasteiger partial charge is 0.304 e. The van der Waals surface area contributed by atoms with E-state index in [1.807, 2.05) is 27.7 Å². The highest BCUT2D eigenvalue weighted by Crippen LogP contribution is 2.27. The summed E-state index contributed by atoms with van der Waals surface area (Å²) in [5.74, 6) is 0. The van der Waals surface area contributed by atoms with E-state index in [9.17, 15) is 0 Å². The SMILES string of the molecule is CC.CC.Cc1cc(CN2CCN(C)CC2)cc(-c2ccccc2)c1C. The topological polar surface area (TPSA) is 6.48 Å².